The van der Waals surface area contributed by atoms with E-state index in [1.807, 2.05) is 6.07 Å². The van der Waals surface area contributed by atoms with Gasteiger partial charge in [0.05, 0.1) is 18.5 Å². The van der Waals surface area contributed by atoms with Crippen molar-refractivity contribution in [3.8, 4) is 0 Å². The number of aliphatic hydroxyl groups is 1. The van der Waals surface area contributed by atoms with Crippen molar-refractivity contribution in [1.82, 2.24) is 4.98 Å². The predicted octanol–water partition coefficient (Wildman–Crippen LogP) is 3.11. The molecule has 0 aliphatic carbocycles. The van der Waals surface area contributed by atoms with E-state index in [0.717, 1.165) is 17.8 Å². The van der Waals surface area contributed by atoms with Crippen LogP contribution in [0.15, 0.2) is 30.6 Å². The molecule has 2 rings (SSSR count). The van der Waals surface area contributed by atoms with Gasteiger partial charge in [-0.2, -0.15) is 0 Å². The first-order valence-corrected chi connectivity index (χ1v) is 6.46. The minimum Gasteiger partial charge on any atom is -0.392 e. The summed E-state index contributed by atoms with van der Waals surface area (Å²) in [6.07, 6.45) is 3.44. The van der Waals surface area contributed by atoms with E-state index in [-0.39, 0.29) is 6.61 Å². The van der Waals surface area contributed by atoms with Gasteiger partial charge in [-0.05, 0) is 49.1 Å². The van der Waals surface area contributed by atoms with Gasteiger partial charge < -0.3 is 10.4 Å². The lowest BCUT2D eigenvalue weighted by molar-refractivity contribution is 0.282. The molecular formula is C16H20N2O. The molecule has 0 atom stereocenters. The molecule has 2 N–H and O–H groups in total. The minimum absolute atomic E-state index is 0.0246. The zero-order chi connectivity index (χ0) is 13.8. The molecule has 0 amide bonds. The van der Waals surface area contributed by atoms with Crippen molar-refractivity contribution in [3.63, 3.8) is 0 Å². The topological polar surface area (TPSA) is 45.2 Å². The average Bonchev–Trinajstić information content (AvgIpc) is 2.41. The lowest BCUT2D eigenvalue weighted by atomic mass is 10.0. The van der Waals surface area contributed by atoms with E-state index in [4.69, 9.17) is 0 Å². The van der Waals surface area contributed by atoms with Gasteiger partial charge in [0, 0.05) is 18.3 Å². The van der Waals surface area contributed by atoms with E-state index in [0.29, 0.717) is 0 Å². The van der Waals surface area contributed by atoms with Crippen LogP contribution in [0.25, 0.3) is 0 Å². The average molecular weight is 256 g/mol. The molecule has 0 saturated carbocycles. The third kappa shape index (κ3) is 3.12. The number of rotatable bonds is 4. The van der Waals surface area contributed by atoms with Crippen molar-refractivity contribution < 1.29 is 5.11 Å². The van der Waals surface area contributed by atoms with Gasteiger partial charge in [-0.15, -0.1) is 0 Å². The highest BCUT2D eigenvalue weighted by Crippen LogP contribution is 2.18. The summed E-state index contributed by atoms with van der Waals surface area (Å²) < 4.78 is 0. The maximum atomic E-state index is 9.28. The Kier molecular flexibility index (Phi) is 4.17. The molecule has 0 saturated heterocycles. The second kappa shape index (κ2) is 5.85. The standard InChI is InChI=1S/C16H20N2O/c1-11-6-13(3)15(7-12(11)2)8-18-16-9-17-5-4-14(16)10-19/h4-7,9,18-19H,8,10H2,1-3H3. The molecule has 1 heterocycles. The molecule has 1 aromatic carbocycles. The first kappa shape index (κ1) is 13.6. The number of hydrogen-bond donors (Lipinski definition) is 2. The Hall–Kier alpha value is -1.87. The fraction of sp³-hybridized carbons (Fsp3) is 0.312. The number of aromatic nitrogens is 1. The Morgan fingerprint density at radius 2 is 1.79 bits per heavy atom. The quantitative estimate of drug-likeness (QED) is 0.883. The van der Waals surface area contributed by atoms with E-state index in [9.17, 15) is 5.11 Å². The van der Waals surface area contributed by atoms with E-state index in [2.05, 4.69) is 43.2 Å². The molecule has 0 aliphatic heterocycles. The Balaban J connectivity index is 2.17. The van der Waals surface area contributed by atoms with Gasteiger partial charge in [-0.1, -0.05) is 12.1 Å². The van der Waals surface area contributed by atoms with Crippen LogP contribution in [0.2, 0.25) is 0 Å². The molecule has 0 bridgehead atoms. The maximum Gasteiger partial charge on any atom is 0.0703 e. The number of aliphatic hydroxyl groups excluding tert-OH is 1. The summed E-state index contributed by atoms with van der Waals surface area (Å²) in [6.45, 7) is 7.15. The zero-order valence-electron chi connectivity index (χ0n) is 11.7. The Morgan fingerprint density at radius 3 is 2.53 bits per heavy atom. The van der Waals surface area contributed by atoms with Crippen molar-refractivity contribution in [2.24, 2.45) is 0 Å². The first-order chi connectivity index (χ1) is 9.11. The van der Waals surface area contributed by atoms with Crippen LogP contribution in [0.3, 0.4) is 0 Å². The van der Waals surface area contributed by atoms with Crippen molar-refractivity contribution in [2.75, 3.05) is 5.32 Å². The summed E-state index contributed by atoms with van der Waals surface area (Å²) >= 11 is 0. The summed E-state index contributed by atoms with van der Waals surface area (Å²) in [6, 6.07) is 6.25. The molecule has 0 radical (unpaired) electrons. The van der Waals surface area contributed by atoms with Gasteiger partial charge in [0.1, 0.15) is 0 Å². The summed E-state index contributed by atoms with van der Waals surface area (Å²) in [5.74, 6) is 0. The van der Waals surface area contributed by atoms with Crippen molar-refractivity contribution in [3.05, 3.63) is 58.4 Å². The van der Waals surface area contributed by atoms with Crippen LogP contribution in [0.1, 0.15) is 27.8 Å². The second-order valence-corrected chi connectivity index (χ2v) is 4.91. The third-order valence-electron chi connectivity index (χ3n) is 3.50. The molecule has 0 aliphatic rings. The van der Waals surface area contributed by atoms with Gasteiger partial charge in [-0.25, -0.2) is 0 Å². The summed E-state index contributed by atoms with van der Waals surface area (Å²) in [5.41, 5.74) is 6.94. The normalized spacial score (nSPS) is 10.5. The Labute approximate surface area is 114 Å². The SMILES string of the molecule is Cc1cc(C)c(CNc2cnccc2CO)cc1C. The van der Waals surface area contributed by atoms with Gasteiger partial charge in [-0.3, -0.25) is 4.98 Å². The minimum atomic E-state index is 0.0246. The summed E-state index contributed by atoms with van der Waals surface area (Å²) in [5, 5.41) is 12.6. The van der Waals surface area contributed by atoms with Gasteiger partial charge in [0.2, 0.25) is 0 Å². The van der Waals surface area contributed by atoms with Crippen LogP contribution in [0.5, 0.6) is 0 Å². The molecule has 3 nitrogen and oxygen atoms in total. The molecule has 3 heteroatoms. The number of benzene rings is 1. The molecule has 19 heavy (non-hydrogen) atoms. The van der Waals surface area contributed by atoms with Crippen LogP contribution in [0.4, 0.5) is 5.69 Å². The largest absolute Gasteiger partial charge is 0.392 e. The fourth-order valence-corrected chi connectivity index (χ4v) is 2.12. The molecule has 2 aromatic rings. The number of nitrogens with one attached hydrogen (secondary N) is 1. The fourth-order valence-electron chi connectivity index (χ4n) is 2.12. The number of pyridine rings is 1. The Bertz CT molecular complexity index is 579. The zero-order valence-corrected chi connectivity index (χ0v) is 11.7. The number of aryl methyl sites for hydroxylation is 3. The van der Waals surface area contributed by atoms with Crippen LogP contribution in [-0.4, -0.2) is 10.1 Å². The highest BCUT2D eigenvalue weighted by Gasteiger charge is 2.04. The van der Waals surface area contributed by atoms with Crippen LogP contribution >= 0.6 is 0 Å². The smallest absolute Gasteiger partial charge is 0.0703 e. The van der Waals surface area contributed by atoms with E-state index >= 15 is 0 Å². The molecule has 1 aromatic heterocycles. The monoisotopic (exact) mass is 256 g/mol. The molecular weight excluding hydrogens is 236 g/mol. The van der Waals surface area contributed by atoms with E-state index in [1.54, 1.807) is 12.4 Å². The Morgan fingerprint density at radius 1 is 1.05 bits per heavy atom. The van der Waals surface area contributed by atoms with Crippen molar-refractivity contribution in [2.45, 2.75) is 33.9 Å². The first-order valence-electron chi connectivity index (χ1n) is 6.46. The molecule has 0 fully saturated rings. The lowest BCUT2D eigenvalue weighted by Crippen LogP contribution is -2.05. The third-order valence-corrected chi connectivity index (χ3v) is 3.50. The predicted molar refractivity (Wildman–Crippen MR) is 78.1 cm³/mol. The maximum absolute atomic E-state index is 9.28. The highest BCUT2D eigenvalue weighted by atomic mass is 16.3. The van der Waals surface area contributed by atoms with Crippen molar-refractivity contribution in [1.29, 1.82) is 0 Å². The second-order valence-electron chi connectivity index (χ2n) is 4.91. The van der Waals surface area contributed by atoms with Gasteiger partial charge >= 0.3 is 0 Å². The molecule has 0 unspecified atom stereocenters. The number of nitrogens with zero attached hydrogens (tertiary/aromatic N) is 1. The summed E-state index contributed by atoms with van der Waals surface area (Å²) in [4.78, 5) is 4.09. The van der Waals surface area contributed by atoms with Crippen molar-refractivity contribution >= 4 is 5.69 Å². The number of anilines is 1. The van der Waals surface area contributed by atoms with Crippen LogP contribution in [0, 0.1) is 20.8 Å². The summed E-state index contributed by atoms with van der Waals surface area (Å²) in [7, 11) is 0. The highest BCUT2D eigenvalue weighted by molar-refractivity contribution is 5.49. The van der Waals surface area contributed by atoms with Gasteiger partial charge in [0.15, 0.2) is 0 Å². The number of hydrogen-bond acceptors (Lipinski definition) is 3. The lowest BCUT2D eigenvalue weighted by Gasteiger charge is -2.13. The molecule has 0 spiro atoms. The van der Waals surface area contributed by atoms with Crippen LogP contribution < -0.4 is 5.32 Å². The van der Waals surface area contributed by atoms with E-state index in [1.165, 1.54) is 22.3 Å². The molecule has 100 valence electrons. The van der Waals surface area contributed by atoms with E-state index < -0.39 is 0 Å². The van der Waals surface area contributed by atoms with Gasteiger partial charge in [0.25, 0.3) is 0 Å². The van der Waals surface area contributed by atoms with Crippen LogP contribution in [-0.2, 0) is 13.2 Å².